The van der Waals surface area contributed by atoms with Crippen LogP contribution in [0.25, 0.3) is 10.8 Å². The predicted octanol–water partition coefficient (Wildman–Crippen LogP) is 4.52. The average Bonchev–Trinajstić information content (AvgIpc) is 2.99. The molecular formula is C34H40F2N4O3. The highest BCUT2D eigenvalue weighted by Crippen LogP contribution is 2.32. The Morgan fingerprint density at radius 3 is 2.23 bits per heavy atom. The number of hydrogen-bond donors (Lipinski definition) is 2. The molecular weight excluding hydrogens is 550 g/mol. The third kappa shape index (κ3) is 7.65. The van der Waals surface area contributed by atoms with Gasteiger partial charge in [-0.25, -0.2) is 8.78 Å². The van der Waals surface area contributed by atoms with Crippen molar-refractivity contribution in [2.45, 2.75) is 63.1 Å². The van der Waals surface area contributed by atoms with Gasteiger partial charge in [0.05, 0.1) is 0 Å². The summed E-state index contributed by atoms with van der Waals surface area (Å²) in [5.74, 6) is -3.26. The van der Waals surface area contributed by atoms with Crippen molar-refractivity contribution in [3.8, 4) is 0 Å². The quantitative estimate of drug-likeness (QED) is 0.303. The number of hydrogen-bond acceptors (Lipinski definition) is 4. The maximum Gasteiger partial charge on any atom is 0.246 e. The number of carbonyl (C=O) groups excluding carboxylic acids is 3. The lowest BCUT2D eigenvalue weighted by Gasteiger charge is -2.37. The van der Waals surface area contributed by atoms with Crippen molar-refractivity contribution in [1.82, 2.24) is 15.1 Å². The van der Waals surface area contributed by atoms with E-state index in [0.717, 1.165) is 47.7 Å². The minimum Gasteiger partial charge on any atom is -0.357 e. The molecule has 2 atom stereocenters. The number of amides is 3. The van der Waals surface area contributed by atoms with Crippen LogP contribution in [0.5, 0.6) is 0 Å². The van der Waals surface area contributed by atoms with E-state index in [4.69, 9.17) is 5.73 Å². The summed E-state index contributed by atoms with van der Waals surface area (Å²) in [7, 11) is 2.95. The van der Waals surface area contributed by atoms with Crippen LogP contribution in [0.3, 0.4) is 0 Å². The van der Waals surface area contributed by atoms with E-state index in [2.05, 4.69) is 5.32 Å². The largest absolute Gasteiger partial charge is 0.357 e. The zero-order valence-electron chi connectivity index (χ0n) is 25.0. The average molecular weight is 591 g/mol. The van der Waals surface area contributed by atoms with Gasteiger partial charge in [0.15, 0.2) is 11.6 Å². The zero-order chi connectivity index (χ0) is 31.1. The summed E-state index contributed by atoms with van der Waals surface area (Å²) in [6.07, 6.45) is 6.91. The predicted molar refractivity (Wildman–Crippen MR) is 164 cm³/mol. The van der Waals surface area contributed by atoms with Gasteiger partial charge in [-0.15, -0.1) is 0 Å². The molecule has 3 N–H and O–H groups in total. The van der Waals surface area contributed by atoms with Crippen molar-refractivity contribution in [3.05, 3.63) is 95.6 Å². The molecule has 7 nitrogen and oxygen atoms in total. The molecule has 1 aliphatic rings. The van der Waals surface area contributed by atoms with Gasteiger partial charge in [-0.1, -0.05) is 54.6 Å². The molecule has 0 bridgehead atoms. The standard InChI is InChI=1S/C34H40F2N4O3/c1-4-40(31(41)11-7-16-34(37)17-8-18-34)30(22-23-12-14-25-9-5-6-10-26(25)19-23)33(43)39(3)29(32(42)38-2)21-24-13-15-27(35)28(36)20-24/h5-7,9-15,19-20,29-30H,4,8,16-18,21-22,37H2,1-3H3,(H,38,42)/b11-7+/t29-,30-/m1/s1. The van der Waals surface area contributed by atoms with Gasteiger partial charge in [-0.3, -0.25) is 14.4 Å². The molecule has 1 fully saturated rings. The Morgan fingerprint density at radius 2 is 1.60 bits per heavy atom. The molecule has 0 saturated heterocycles. The molecule has 9 heteroatoms. The smallest absolute Gasteiger partial charge is 0.246 e. The van der Waals surface area contributed by atoms with Gasteiger partial charge >= 0.3 is 0 Å². The van der Waals surface area contributed by atoms with Gasteiger partial charge in [-0.2, -0.15) is 0 Å². The third-order valence-electron chi connectivity index (χ3n) is 8.44. The van der Waals surface area contributed by atoms with E-state index in [1.165, 1.54) is 36.0 Å². The molecule has 228 valence electrons. The molecule has 0 radical (unpaired) electrons. The molecule has 0 heterocycles. The molecule has 0 unspecified atom stereocenters. The zero-order valence-corrected chi connectivity index (χ0v) is 25.0. The second-order valence-electron chi connectivity index (χ2n) is 11.4. The normalized spacial score (nSPS) is 15.5. The van der Waals surface area contributed by atoms with Crippen molar-refractivity contribution < 1.29 is 23.2 Å². The number of benzene rings is 3. The van der Waals surface area contributed by atoms with Crippen LogP contribution in [-0.4, -0.2) is 65.8 Å². The van der Waals surface area contributed by atoms with Gasteiger partial charge in [0.2, 0.25) is 17.7 Å². The maximum absolute atomic E-state index is 14.3. The van der Waals surface area contributed by atoms with Crippen molar-refractivity contribution >= 4 is 28.5 Å². The first-order chi connectivity index (χ1) is 20.5. The lowest BCUT2D eigenvalue weighted by molar-refractivity contribution is -0.146. The summed E-state index contributed by atoms with van der Waals surface area (Å²) in [5, 5.41) is 4.63. The van der Waals surface area contributed by atoms with Crippen LogP contribution >= 0.6 is 0 Å². The second kappa shape index (κ2) is 13.9. The van der Waals surface area contributed by atoms with E-state index in [1.807, 2.05) is 42.5 Å². The van der Waals surface area contributed by atoms with Crippen LogP contribution in [0.2, 0.25) is 0 Å². The Morgan fingerprint density at radius 1 is 0.953 bits per heavy atom. The van der Waals surface area contributed by atoms with Gasteiger partial charge in [0, 0.05) is 39.0 Å². The van der Waals surface area contributed by atoms with Crippen LogP contribution in [0.4, 0.5) is 8.78 Å². The van der Waals surface area contributed by atoms with Gasteiger partial charge in [-0.05, 0) is 72.7 Å². The van der Waals surface area contributed by atoms with Crippen LogP contribution in [-0.2, 0) is 27.2 Å². The first kappa shape index (κ1) is 31.8. The lowest BCUT2D eigenvalue weighted by Crippen LogP contribution is -2.56. The van der Waals surface area contributed by atoms with Crippen molar-refractivity contribution in [2.75, 3.05) is 20.6 Å². The number of likely N-dealkylation sites (N-methyl/N-ethyl adjacent to an activating group) is 3. The number of fused-ring (bicyclic) bond motifs is 1. The highest BCUT2D eigenvalue weighted by Gasteiger charge is 2.36. The van der Waals surface area contributed by atoms with E-state index >= 15 is 0 Å². The first-order valence-electron chi connectivity index (χ1n) is 14.7. The molecule has 0 aromatic heterocycles. The Hall–Kier alpha value is -4.11. The molecule has 3 aromatic carbocycles. The maximum atomic E-state index is 14.3. The fourth-order valence-electron chi connectivity index (χ4n) is 5.63. The third-order valence-corrected chi connectivity index (χ3v) is 8.44. The molecule has 0 aliphatic heterocycles. The minimum atomic E-state index is -1.04. The Balaban J connectivity index is 1.65. The fourth-order valence-corrected chi connectivity index (χ4v) is 5.63. The monoisotopic (exact) mass is 590 g/mol. The van der Waals surface area contributed by atoms with Crippen LogP contribution in [0.15, 0.2) is 72.8 Å². The second-order valence-corrected chi connectivity index (χ2v) is 11.4. The van der Waals surface area contributed by atoms with Crippen molar-refractivity contribution in [3.63, 3.8) is 0 Å². The van der Waals surface area contributed by atoms with E-state index in [9.17, 15) is 23.2 Å². The number of rotatable bonds is 12. The lowest BCUT2D eigenvalue weighted by atomic mass is 9.75. The SMILES string of the molecule is CCN(C(=O)/C=C/CC1(N)CCC1)[C@H](Cc1ccc2ccccc2c1)C(=O)N(C)[C@H](Cc1ccc(F)c(F)c1)C(=O)NC. The number of nitrogens with two attached hydrogens (primary N) is 1. The summed E-state index contributed by atoms with van der Waals surface area (Å²) in [4.78, 5) is 43.6. The minimum absolute atomic E-state index is 0.0413. The van der Waals surface area contributed by atoms with Crippen LogP contribution < -0.4 is 11.1 Å². The summed E-state index contributed by atoms with van der Waals surface area (Å²) in [6, 6.07) is 15.2. The van der Waals surface area contributed by atoms with E-state index in [-0.39, 0.29) is 30.8 Å². The Kier molecular flexibility index (Phi) is 10.3. The van der Waals surface area contributed by atoms with E-state index < -0.39 is 35.5 Å². The molecule has 43 heavy (non-hydrogen) atoms. The van der Waals surface area contributed by atoms with Crippen LogP contribution in [0, 0.1) is 11.6 Å². The molecule has 3 aromatic rings. The molecule has 1 saturated carbocycles. The Bertz CT molecular complexity index is 1500. The van der Waals surface area contributed by atoms with Crippen molar-refractivity contribution in [2.24, 2.45) is 5.73 Å². The number of halogens is 2. The van der Waals surface area contributed by atoms with E-state index in [1.54, 1.807) is 13.0 Å². The summed E-state index contributed by atoms with van der Waals surface area (Å²) < 4.78 is 27.6. The Labute approximate surface area is 251 Å². The molecule has 0 spiro atoms. The van der Waals surface area contributed by atoms with Crippen molar-refractivity contribution in [1.29, 1.82) is 0 Å². The van der Waals surface area contributed by atoms with E-state index in [0.29, 0.717) is 12.0 Å². The summed E-state index contributed by atoms with van der Waals surface area (Å²) >= 11 is 0. The van der Waals surface area contributed by atoms with Gasteiger partial charge in [0.1, 0.15) is 12.1 Å². The van der Waals surface area contributed by atoms with Gasteiger partial charge in [0.25, 0.3) is 0 Å². The molecule has 1 aliphatic carbocycles. The summed E-state index contributed by atoms with van der Waals surface area (Å²) in [5.41, 5.74) is 7.26. The van der Waals surface area contributed by atoms with Gasteiger partial charge < -0.3 is 20.9 Å². The number of nitrogens with zero attached hydrogens (tertiary/aromatic N) is 2. The van der Waals surface area contributed by atoms with Crippen LogP contribution in [0.1, 0.15) is 43.7 Å². The highest BCUT2D eigenvalue weighted by molar-refractivity contribution is 5.95. The summed E-state index contributed by atoms with van der Waals surface area (Å²) in [6.45, 7) is 2.06. The highest BCUT2D eigenvalue weighted by atomic mass is 19.2. The molecule has 3 amide bonds. The topological polar surface area (TPSA) is 95.7 Å². The number of nitrogens with one attached hydrogen (secondary N) is 1. The molecule has 4 rings (SSSR count). The number of carbonyl (C=O) groups is 3. The fraction of sp³-hybridized carbons (Fsp3) is 0.382. The first-order valence-corrected chi connectivity index (χ1v) is 14.7.